The summed E-state index contributed by atoms with van der Waals surface area (Å²) in [4.78, 5) is 26.0. The zero-order valence-corrected chi connectivity index (χ0v) is 13.1. The number of hydrogen-bond acceptors (Lipinski definition) is 5. The maximum Gasteiger partial charge on any atom is 0.406 e. The molecule has 0 aliphatic rings. The van der Waals surface area contributed by atoms with Crippen molar-refractivity contribution in [3.05, 3.63) is 64.1 Å². The van der Waals surface area contributed by atoms with E-state index in [0.29, 0.717) is 0 Å². The van der Waals surface area contributed by atoms with Gasteiger partial charge in [0.2, 0.25) is 5.75 Å². The minimum absolute atomic E-state index is 0.0837. The lowest BCUT2D eigenvalue weighted by Crippen LogP contribution is -2.37. The Morgan fingerprint density at radius 1 is 1.29 bits per heavy atom. The van der Waals surface area contributed by atoms with Gasteiger partial charge in [-0.1, -0.05) is 12.1 Å². The van der Waals surface area contributed by atoms with E-state index in [0.717, 1.165) is 5.56 Å². The number of halogens is 1. The standard InChI is InChI=1S/C16H16FN3O4/c1-10(12-5-7-13(17)8-6-12)19-16(21)11(2)24-14-4-3-9-18-15(14)20(22)23/h3-11H,1-2H3,(H,19,21). The fourth-order valence-corrected chi connectivity index (χ4v) is 2.02. The van der Waals surface area contributed by atoms with Gasteiger partial charge in [0.25, 0.3) is 5.91 Å². The fraction of sp³-hybridized carbons (Fsp3) is 0.250. The maximum absolute atomic E-state index is 12.9. The van der Waals surface area contributed by atoms with Crippen LogP contribution in [0, 0.1) is 15.9 Å². The zero-order chi connectivity index (χ0) is 17.7. The molecule has 1 aromatic carbocycles. The number of ether oxygens (including phenoxy) is 1. The van der Waals surface area contributed by atoms with Crippen molar-refractivity contribution in [2.45, 2.75) is 26.0 Å². The first-order valence-electron chi connectivity index (χ1n) is 7.20. The normalized spacial score (nSPS) is 13.0. The van der Waals surface area contributed by atoms with Crippen molar-refractivity contribution in [3.8, 4) is 5.75 Å². The monoisotopic (exact) mass is 333 g/mol. The first-order chi connectivity index (χ1) is 11.4. The van der Waals surface area contributed by atoms with Crippen LogP contribution in [0.5, 0.6) is 5.75 Å². The third-order valence-corrected chi connectivity index (χ3v) is 3.33. The van der Waals surface area contributed by atoms with E-state index in [1.165, 1.54) is 37.4 Å². The van der Waals surface area contributed by atoms with Gasteiger partial charge in [-0.2, -0.15) is 0 Å². The molecule has 2 atom stereocenters. The van der Waals surface area contributed by atoms with E-state index in [1.54, 1.807) is 19.1 Å². The van der Waals surface area contributed by atoms with Crippen LogP contribution in [0.3, 0.4) is 0 Å². The van der Waals surface area contributed by atoms with Crippen molar-refractivity contribution >= 4 is 11.7 Å². The van der Waals surface area contributed by atoms with Crippen LogP contribution in [0.15, 0.2) is 42.6 Å². The van der Waals surface area contributed by atoms with Gasteiger partial charge in [-0.25, -0.2) is 4.39 Å². The number of carbonyl (C=O) groups is 1. The Kier molecular flexibility index (Phi) is 5.41. The molecule has 0 fully saturated rings. The Balaban J connectivity index is 2.02. The first-order valence-corrected chi connectivity index (χ1v) is 7.20. The predicted molar refractivity (Wildman–Crippen MR) is 83.9 cm³/mol. The molecule has 1 N–H and O–H groups in total. The van der Waals surface area contributed by atoms with E-state index in [4.69, 9.17) is 4.74 Å². The minimum atomic E-state index is -0.962. The average molecular weight is 333 g/mol. The molecular formula is C16H16FN3O4. The van der Waals surface area contributed by atoms with E-state index in [1.807, 2.05) is 0 Å². The van der Waals surface area contributed by atoms with Crippen molar-refractivity contribution in [2.75, 3.05) is 0 Å². The van der Waals surface area contributed by atoms with Crippen LogP contribution in [0.2, 0.25) is 0 Å². The number of amides is 1. The third-order valence-electron chi connectivity index (χ3n) is 3.33. The molecule has 1 aromatic heterocycles. The van der Waals surface area contributed by atoms with E-state index in [-0.39, 0.29) is 17.6 Å². The lowest BCUT2D eigenvalue weighted by atomic mass is 10.1. The van der Waals surface area contributed by atoms with Gasteiger partial charge in [-0.05, 0) is 53.6 Å². The highest BCUT2D eigenvalue weighted by atomic mass is 19.1. The Hall–Kier alpha value is -3.03. The number of aromatic nitrogens is 1. The molecule has 24 heavy (non-hydrogen) atoms. The van der Waals surface area contributed by atoms with E-state index in [2.05, 4.69) is 10.3 Å². The molecule has 0 saturated heterocycles. The Labute approximate surface area is 137 Å². The van der Waals surface area contributed by atoms with Gasteiger partial charge in [0.1, 0.15) is 12.0 Å². The second-order valence-corrected chi connectivity index (χ2v) is 5.12. The number of hydrogen-bond donors (Lipinski definition) is 1. The summed E-state index contributed by atoms with van der Waals surface area (Å²) in [5.41, 5.74) is 0.726. The summed E-state index contributed by atoms with van der Waals surface area (Å²) in [5, 5.41) is 13.6. The van der Waals surface area contributed by atoms with Gasteiger partial charge in [-0.15, -0.1) is 0 Å². The number of nitro groups is 1. The highest BCUT2D eigenvalue weighted by molar-refractivity contribution is 5.81. The largest absolute Gasteiger partial charge is 0.473 e. The summed E-state index contributed by atoms with van der Waals surface area (Å²) in [6.45, 7) is 3.22. The van der Waals surface area contributed by atoms with Crippen LogP contribution < -0.4 is 10.1 Å². The number of pyridine rings is 1. The highest BCUT2D eigenvalue weighted by Crippen LogP contribution is 2.24. The summed E-state index contributed by atoms with van der Waals surface area (Å²) >= 11 is 0. The molecule has 8 heteroatoms. The minimum Gasteiger partial charge on any atom is -0.473 e. The van der Waals surface area contributed by atoms with Gasteiger partial charge < -0.3 is 20.2 Å². The predicted octanol–water partition coefficient (Wildman–Crippen LogP) is 2.77. The Morgan fingerprint density at radius 2 is 1.96 bits per heavy atom. The van der Waals surface area contributed by atoms with Gasteiger partial charge in [0.15, 0.2) is 6.10 Å². The number of nitrogens with zero attached hydrogens (tertiary/aromatic N) is 2. The lowest BCUT2D eigenvalue weighted by molar-refractivity contribution is -0.390. The Bertz CT molecular complexity index is 736. The van der Waals surface area contributed by atoms with Crippen molar-refractivity contribution in [2.24, 2.45) is 0 Å². The molecule has 1 heterocycles. The summed E-state index contributed by atoms with van der Waals surface area (Å²) in [7, 11) is 0. The van der Waals surface area contributed by atoms with Gasteiger partial charge >= 0.3 is 5.82 Å². The summed E-state index contributed by atoms with van der Waals surface area (Å²) < 4.78 is 18.3. The molecule has 0 aliphatic carbocycles. The van der Waals surface area contributed by atoms with Crippen LogP contribution >= 0.6 is 0 Å². The van der Waals surface area contributed by atoms with Crippen molar-refractivity contribution in [1.29, 1.82) is 0 Å². The molecule has 126 valence electrons. The molecule has 1 amide bonds. The average Bonchev–Trinajstić information content (AvgIpc) is 2.55. The van der Waals surface area contributed by atoms with Crippen molar-refractivity contribution in [1.82, 2.24) is 10.3 Å². The molecule has 7 nitrogen and oxygen atoms in total. The Morgan fingerprint density at radius 3 is 2.58 bits per heavy atom. The SMILES string of the molecule is CC(Oc1cccnc1[N+](=O)[O-])C(=O)NC(C)c1ccc(F)cc1. The number of nitrogens with one attached hydrogen (secondary N) is 1. The van der Waals surface area contributed by atoms with Crippen LogP contribution in [-0.4, -0.2) is 21.9 Å². The number of benzene rings is 1. The third kappa shape index (κ3) is 4.25. The topological polar surface area (TPSA) is 94.4 Å². The van der Waals surface area contributed by atoms with Gasteiger partial charge in [-0.3, -0.25) is 4.79 Å². The summed E-state index contributed by atoms with van der Waals surface area (Å²) in [6.07, 6.45) is 0.308. The first kappa shape index (κ1) is 17.3. The lowest BCUT2D eigenvalue weighted by Gasteiger charge is -2.18. The van der Waals surface area contributed by atoms with Crippen LogP contribution in [0.25, 0.3) is 0 Å². The molecule has 2 aromatic rings. The van der Waals surface area contributed by atoms with E-state index < -0.39 is 22.8 Å². The van der Waals surface area contributed by atoms with E-state index >= 15 is 0 Å². The van der Waals surface area contributed by atoms with Gasteiger partial charge in [0.05, 0.1) is 6.04 Å². The van der Waals surface area contributed by atoms with Crippen molar-refractivity contribution < 1.29 is 18.8 Å². The molecule has 0 bridgehead atoms. The fourth-order valence-electron chi connectivity index (χ4n) is 2.02. The second kappa shape index (κ2) is 7.49. The summed E-state index contributed by atoms with van der Waals surface area (Å²) in [6, 6.07) is 8.23. The molecule has 0 spiro atoms. The summed E-state index contributed by atoms with van der Waals surface area (Å²) in [5.74, 6) is -1.36. The van der Waals surface area contributed by atoms with Crippen LogP contribution in [0.1, 0.15) is 25.5 Å². The molecule has 2 unspecified atom stereocenters. The number of carbonyl (C=O) groups excluding carboxylic acids is 1. The second-order valence-electron chi connectivity index (χ2n) is 5.12. The molecular weight excluding hydrogens is 317 g/mol. The molecule has 0 saturated carbocycles. The molecule has 0 aliphatic heterocycles. The maximum atomic E-state index is 12.9. The molecule has 0 radical (unpaired) electrons. The van der Waals surface area contributed by atoms with Crippen molar-refractivity contribution in [3.63, 3.8) is 0 Å². The van der Waals surface area contributed by atoms with Crippen LogP contribution in [-0.2, 0) is 4.79 Å². The van der Waals surface area contributed by atoms with Gasteiger partial charge in [0, 0.05) is 0 Å². The van der Waals surface area contributed by atoms with Crippen LogP contribution in [0.4, 0.5) is 10.2 Å². The number of rotatable bonds is 6. The smallest absolute Gasteiger partial charge is 0.406 e. The quantitative estimate of drug-likeness (QED) is 0.648. The zero-order valence-electron chi connectivity index (χ0n) is 13.1. The highest BCUT2D eigenvalue weighted by Gasteiger charge is 2.22. The molecule has 2 rings (SSSR count). The van der Waals surface area contributed by atoms with E-state index in [9.17, 15) is 19.3 Å².